The Morgan fingerprint density at radius 1 is 1.31 bits per heavy atom. The summed E-state index contributed by atoms with van der Waals surface area (Å²) in [7, 11) is 0. The average molecular weight is 177 g/mol. The van der Waals surface area contributed by atoms with Gasteiger partial charge in [-0.25, -0.2) is 0 Å². The van der Waals surface area contributed by atoms with Crippen molar-refractivity contribution in [3.05, 3.63) is 46.0 Å². The summed E-state index contributed by atoms with van der Waals surface area (Å²) in [6.07, 6.45) is 2.03. The fourth-order valence-corrected chi connectivity index (χ4v) is 0.950. The zero-order valence-corrected chi connectivity index (χ0v) is 6.77. The van der Waals surface area contributed by atoms with Crippen molar-refractivity contribution in [2.75, 3.05) is 0 Å². The Hall–Kier alpha value is -1.97. The molecule has 0 aliphatic carbocycles. The van der Waals surface area contributed by atoms with Gasteiger partial charge in [-0.1, -0.05) is 12.7 Å². The Morgan fingerprint density at radius 2 is 1.92 bits per heavy atom. The highest BCUT2D eigenvalue weighted by Crippen LogP contribution is 2.16. The van der Waals surface area contributed by atoms with Crippen molar-refractivity contribution in [3.8, 4) is 0 Å². The Balaban J connectivity index is 3.30. The lowest BCUT2D eigenvalue weighted by atomic mass is 10.1. The largest absolute Gasteiger partial charge is 0.298 e. The lowest BCUT2D eigenvalue weighted by Crippen LogP contribution is -1.91. The molecule has 13 heavy (non-hydrogen) atoms. The van der Waals surface area contributed by atoms with E-state index in [9.17, 15) is 14.9 Å². The van der Waals surface area contributed by atoms with E-state index in [1.807, 2.05) is 0 Å². The smallest absolute Gasteiger partial charge is 0.270 e. The van der Waals surface area contributed by atoms with Crippen LogP contribution in [0.1, 0.15) is 15.9 Å². The van der Waals surface area contributed by atoms with Gasteiger partial charge in [-0.2, -0.15) is 0 Å². The maximum Gasteiger partial charge on any atom is 0.270 e. The summed E-state index contributed by atoms with van der Waals surface area (Å²) in [6.45, 7) is 3.47. The molecule has 66 valence electrons. The van der Waals surface area contributed by atoms with Crippen molar-refractivity contribution in [2.24, 2.45) is 0 Å². The molecular formula is C9H7NO3. The summed E-state index contributed by atoms with van der Waals surface area (Å²) in [5, 5.41) is 10.4. The number of hydrogen-bond donors (Lipinski definition) is 0. The van der Waals surface area contributed by atoms with Gasteiger partial charge >= 0.3 is 0 Å². The molecule has 1 aromatic carbocycles. The molecule has 0 atom stereocenters. The normalized spacial score (nSPS) is 9.23. The van der Waals surface area contributed by atoms with Gasteiger partial charge in [-0.3, -0.25) is 14.9 Å². The topological polar surface area (TPSA) is 60.2 Å². The molecule has 0 aromatic heterocycles. The number of nitro groups is 1. The van der Waals surface area contributed by atoms with E-state index in [0.717, 1.165) is 0 Å². The Morgan fingerprint density at radius 3 is 2.38 bits per heavy atom. The molecule has 0 amide bonds. The first-order chi connectivity index (χ1) is 6.17. The third-order valence-electron chi connectivity index (χ3n) is 1.55. The molecule has 0 unspecified atom stereocenters. The number of non-ortho nitro benzene ring substituents is 1. The van der Waals surface area contributed by atoms with Crippen molar-refractivity contribution < 1.29 is 9.72 Å². The number of nitro benzene ring substituents is 1. The van der Waals surface area contributed by atoms with Gasteiger partial charge < -0.3 is 0 Å². The zero-order chi connectivity index (χ0) is 9.84. The minimum Gasteiger partial charge on any atom is -0.298 e. The van der Waals surface area contributed by atoms with Crippen LogP contribution in [-0.4, -0.2) is 11.2 Å². The molecule has 0 saturated heterocycles. The summed E-state index contributed by atoms with van der Waals surface area (Å²) in [4.78, 5) is 20.2. The van der Waals surface area contributed by atoms with Crippen LogP contribution in [0.5, 0.6) is 0 Å². The number of hydrogen-bond acceptors (Lipinski definition) is 3. The fourth-order valence-electron chi connectivity index (χ4n) is 0.950. The number of nitrogens with zero attached hydrogens (tertiary/aromatic N) is 1. The molecule has 0 spiro atoms. The molecule has 4 nitrogen and oxygen atoms in total. The van der Waals surface area contributed by atoms with Crippen LogP contribution in [0.4, 0.5) is 5.69 Å². The maximum absolute atomic E-state index is 10.4. The lowest BCUT2D eigenvalue weighted by Gasteiger charge is -1.95. The molecule has 0 radical (unpaired) electrons. The third-order valence-corrected chi connectivity index (χ3v) is 1.55. The van der Waals surface area contributed by atoms with E-state index in [-0.39, 0.29) is 11.3 Å². The summed E-state index contributed by atoms with van der Waals surface area (Å²) < 4.78 is 0. The second-order valence-corrected chi connectivity index (χ2v) is 2.44. The van der Waals surface area contributed by atoms with Gasteiger partial charge in [0.15, 0.2) is 0 Å². The highest BCUT2D eigenvalue weighted by Gasteiger charge is 2.07. The SMILES string of the molecule is C=Cc1cc(C=O)cc([N+](=O)[O-])c1. The summed E-state index contributed by atoms with van der Waals surface area (Å²) >= 11 is 0. The number of rotatable bonds is 3. The van der Waals surface area contributed by atoms with E-state index in [0.29, 0.717) is 11.8 Å². The van der Waals surface area contributed by atoms with Gasteiger partial charge in [0, 0.05) is 17.7 Å². The van der Waals surface area contributed by atoms with Crippen LogP contribution in [-0.2, 0) is 0 Å². The van der Waals surface area contributed by atoms with Crippen LogP contribution in [0, 0.1) is 10.1 Å². The minimum absolute atomic E-state index is 0.0977. The first kappa shape index (κ1) is 9.12. The molecular weight excluding hydrogens is 170 g/mol. The lowest BCUT2D eigenvalue weighted by molar-refractivity contribution is -0.384. The first-order valence-corrected chi connectivity index (χ1v) is 3.54. The van der Waals surface area contributed by atoms with Gasteiger partial charge in [-0.15, -0.1) is 0 Å². The number of carbonyl (C=O) groups is 1. The van der Waals surface area contributed by atoms with Crippen molar-refractivity contribution >= 4 is 18.0 Å². The molecule has 1 aromatic rings. The third kappa shape index (κ3) is 1.99. The van der Waals surface area contributed by atoms with Crippen molar-refractivity contribution in [1.29, 1.82) is 0 Å². The van der Waals surface area contributed by atoms with Crippen LogP contribution >= 0.6 is 0 Å². The Labute approximate surface area is 74.7 Å². The van der Waals surface area contributed by atoms with Gasteiger partial charge in [-0.05, 0) is 11.6 Å². The standard InChI is InChI=1S/C9H7NO3/c1-2-7-3-8(6-11)5-9(4-7)10(12)13/h2-6H,1H2. The zero-order valence-electron chi connectivity index (χ0n) is 6.77. The van der Waals surface area contributed by atoms with Crippen LogP contribution in [0.15, 0.2) is 24.8 Å². The molecule has 0 saturated carbocycles. The highest BCUT2D eigenvalue weighted by atomic mass is 16.6. The van der Waals surface area contributed by atoms with E-state index < -0.39 is 4.92 Å². The van der Waals surface area contributed by atoms with Crippen molar-refractivity contribution in [1.82, 2.24) is 0 Å². The van der Waals surface area contributed by atoms with Gasteiger partial charge in [0.05, 0.1) is 4.92 Å². The Kier molecular flexibility index (Phi) is 2.54. The molecule has 0 aliphatic heterocycles. The molecule has 0 heterocycles. The molecule has 0 fully saturated rings. The minimum atomic E-state index is -0.542. The summed E-state index contributed by atoms with van der Waals surface area (Å²) in [5.74, 6) is 0. The van der Waals surface area contributed by atoms with Crippen LogP contribution in [0.2, 0.25) is 0 Å². The summed E-state index contributed by atoms with van der Waals surface area (Å²) in [6, 6.07) is 4.12. The van der Waals surface area contributed by atoms with Gasteiger partial charge in [0.1, 0.15) is 6.29 Å². The van der Waals surface area contributed by atoms with E-state index >= 15 is 0 Å². The van der Waals surface area contributed by atoms with Crippen LogP contribution in [0.3, 0.4) is 0 Å². The molecule has 1 rings (SSSR count). The molecule has 0 bridgehead atoms. The quantitative estimate of drug-likeness (QED) is 0.403. The van der Waals surface area contributed by atoms with E-state index in [4.69, 9.17) is 0 Å². The van der Waals surface area contributed by atoms with Crippen LogP contribution in [0.25, 0.3) is 6.08 Å². The van der Waals surface area contributed by atoms with Crippen molar-refractivity contribution in [2.45, 2.75) is 0 Å². The predicted octanol–water partition coefficient (Wildman–Crippen LogP) is 2.05. The first-order valence-electron chi connectivity index (χ1n) is 3.54. The Bertz CT molecular complexity index is 345. The molecule has 0 N–H and O–H groups in total. The fraction of sp³-hybridized carbons (Fsp3) is 0. The van der Waals surface area contributed by atoms with E-state index in [1.165, 1.54) is 24.3 Å². The van der Waals surface area contributed by atoms with E-state index in [2.05, 4.69) is 6.58 Å². The number of benzene rings is 1. The molecule has 0 aliphatic rings. The van der Waals surface area contributed by atoms with Crippen LogP contribution < -0.4 is 0 Å². The molecule has 4 heteroatoms. The monoisotopic (exact) mass is 177 g/mol. The second-order valence-electron chi connectivity index (χ2n) is 2.44. The number of aldehydes is 1. The maximum atomic E-state index is 10.4. The summed E-state index contributed by atoms with van der Waals surface area (Å²) in [5.41, 5.74) is 0.750. The average Bonchev–Trinajstić information content (AvgIpc) is 2.16. The van der Waals surface area contributed by atoms with Gasteiger partial charge in [0.25, 0.3) is 5.69 Å². The van der Waals surface area contributed by atoms with Crippen molar-refractivity contribution in [3.63, 3.8) is 0 Å². The second kappa shape index (κ2) is 3.62. The number of carbonyl (C=O) groups excluding carboxylic acids is 1. The van der Waals surface area contributed by atoms with Gasteiger partial charge in [0.2, 0.25) is 0 Å². The highest BCUT2D eigenvalue weighted by molar-refractivity contribution is 5.78. The van der Waals surface area contributed by atoms with E-state index in [1.54, 1.807) is 0 Å². The predicted molar refractivity (Wildman–Crippen MR) is 48.6 cm³/mol.